The zero-order valence-electron chi connectivity index (χ0n) is 11.3. The molecule has 0 N–H and O–H groups in total. The van der Waals surface area contributed by atoms with Gasteiger partial charge in [0.05, 0.1) is 0 Å². The standard InChI is InChI=1S/C12H10O.C3H6.2ClH.FH.Ti/c13-12-8-4-7-11(9-12)10-5-2-1-3-6-10;1-3-2;;;;/h1-9,13H;1-2H3;3*1H;/q;;;;;+2/p-2. The van der Waals surface area contributed by atoms with Gasteiger partial charge in [-0.3, -0.25) is 0 Å². The van der Waals surface area contributed by atoms with Gasteiger partial charge < -0.3 is 0 Å². The normalized spacial score (nSPS) is 8.95. The van der Waals surface area contributed by atoms with Crippen LogP contribution >= 0.6 is 24.8 Å². The van der Waals surface area contributed by atoms with E-state index >= 15 is 0 Å². The van der Waals surface area contributed by atoms with E-state index in [1.54, 1.807) is 13.8 Å². The molecule has 2 aromatic rings. The Bertz CT molecular complexity index is 569. The van der Waals surface area contributed by atoms with Crippen LogP contribution < -0.4 is 3.32 Å². The van der Waals surface area contributed by atoms with Crippen molar-refractivity contribution < 1.29 is 24.7 Å². The van der Waals surface area contributed by atoms with Gasteiger partial charge in [0.2, 0.25) is 0 Å². The first kappa shape index (κ1) is 19.3. The van der Waals surface area contributed by atoms with Crippen LogP contribution in [0.1, 0.15) is 13.8 Å². The number of hydrogen-bond donors (Lipinski definition) is 0. The van der Waals surface area contributed by atoms with Gasteiger partial charge in [-0.15, -0.1) is 24.8 Å². The van der Waals surface area contributed by atoms with Gasteiger partial charge in [0.25, 0.3) is 0 Å². The van der Waals surface area contributed by atoms with Crippen LogP contribution in [0.15, 0.2) is 54.6 Å². The summed E-state index contributed by atoms with van der Waals surface area (Å²) in [6.45, 7) is 3.58. The minimum Gasteiger partial charge on any atom is -0.147 e. The first-order valence-corrected chi connectivity index (χ1v) is 7.84. The number of benzene rings is 2. The Morgan fingerprint density at radius 2 is 1.50 bits per heavy atom. The van der Waals surface area contributed by atoms with Crippen molar-refractivity contribution in [2.24, 2.45) is 0 Å². The van der Waals surface area contributed by atoms with E-state index in [-0.39, 0.29) is 24.8 Å². The topological polar surface area (TPSA) is 9.23 Å². The van der Waals surface area contributed by atoms with Gasteiger partial charge in [-0.2, -0.15) is 0 Å². The van der Waals surface area contributed by atoms with Crippen molar-refractivity contribution in [2.75, 3.05) is 0 Å². The van der Waals surface area contributed by atoms with Crippen molar-refractivity contribution in [2.45, 2.75) is 13.8 Å². The van der Waals surface area contributed by atoms with Crippen molar-refractivity contribution in [3.63, 3.8) is 0 Å². The predicted octanol–water partition coefficient (Wildman–Crippen LogP) is 5.21. The third-order valence-corrected chi connectivity index (χ3v) is 4.42. The Balaban J connectivity index is 0.00000180. The summed E-state index contributed by atoms with van der Waals surface area (Å²) in [6, 6.07) is 17.6. The summed E-state index contributed by atoms with van der Waals surface area (Å²) in [5, 5.41) is 0. The second-order valence-electron chi connectivity index (χ2n) is 4.27. The molecule has 0 radical (unpaired) electrons. The zero-order chi connectivity index (χ0) is 13.0. The van der Waals surface area contributed by atoms with Gasteiger partial charge >= 0.3 is 114 Å². The first-order valence-electron chi connectivity index (χ1n) is 5.83. The molecule has 2 aromatic carbocycles. The van der Waals surface area contributed by atoms with E-state index < -0.39 is 18.3 Å². The molecule has 0 bridgehead atoms. The molecular weight excluding hydrogens is 334 g/mol. The fourth-order valence-corrected chi connectivity index (χ4v) is 2.42. The molecule has 0 fully saturated rings. The van der Waals surface area contributed by atoms with E-state index in [4.69, 9.17) is 3.32 Å². The second kappa shape index (κ2) is 9.30. The van der Waals surface area contributed by atoms with E-state index in [2.05, 4.69) is 0 Å². The predicted molar refractivity (Wildman–Crippen MR) is 84.5 cm³/mol. The van der Waals surface area contributed by atoms with Crippen LogP contribution in [-0.4, -0.2) is 3.81 Å². The molecule has 0 unspecified atom stereocenters. The first-order chi connectivity index (χ1) is 8.66. The number of hydrogen-bond acceptors (Lipinski definition) is 1. The van der Waals surface area contributed by atoms with Crippen molar-refractivity contribution in [1.29, 1.82) is 0 Å². The van der Waals surface area contributed by atoms with Crippen LogP contribution in [0.2, 0.25) is 0 Å². The van der Waals surface area contributed by atoms with E-state index in [0.717, 1.165) is 14.9 Å². The molecule has 0 aliphatic rings. The molecule has 0 spiro atoms. The third-order valence-electron chi connectivity index (χ3n) is 2.54. The summed E-state index contributed by atoms with van der Waals surface area (Å²) in [7, 11) is 0. The fourth-order valence-electron chi connectivity index (χ4n) is 1.58. The smallest absolute Gasteiger partial charge is 0.147 e. The molecule has 0 aromatic heterocycles. The summed E-state index contributed by atoms with van der Waals surface area (Å²) >= 11 is -2.97. The summed E-state index contributed by atoms with van der Waals surface area (Å²) in [4.78, 5) is 0. The monoisotopic (exact) mass is 350 g/mol. The Kier molecular flexibility index (Phi) is 8.99. The third kappa shape index (κ3) is 5.37. The Morgan fingerprint density at radius 1 is 0.900 bits per heavy atom. The van der Waals surface area contributed by atoms with Crippen molar-refractivity contribution in [3.8, 4) is 16.9 Å². The maximum Gasteiger partial charge on any atom is -0.147 e. The summed E-state index contributed by atoms with van der Waals surface area (Å²) < 4.78 is 19.8. The van der Waals surface area contributed by atoms with Gasteiger partial charge in [0.1, 0.15) is 0 Å². The van der Waals surface area contributed by atoms with E-state index in [1.165, 1.54) is 0 Å². The molecule has 2 rings (SSSR count). The van der Waals surface area contributed by atoms with Gasteiger partial charge in [-0.1, -0.05) is 0 Å². The van der Waals surface area contributed by atoms with Crippen molar-refractivity contribution >= 4 is 28.6 Å². The van der Waals surface area contributed by atoms with Gasteiger partial charge in [-0.25, -0.2) is 0 Å². The molecule has 0 atom stereocenters. The summed E-state index contributed by atoms with van der Waals surface area (Å²) in [6.07, 6.45) is 0. The second-order valence-corrected chi connectivity index (χ2v) is 7.00. The summed E-state index contributed by atoms with van der Waals surface area (Å²) in [5.74, 6) is 0.620. The largest absolute Gasteiger partial charge is 0.147 e. The molecule has 5 heteroatoms. The maximum absolute atomic E-state index is 13.7. The molecule has 20 heavy (non-hydrogen) atoms. The van der Waals surface area contributed by atoms with Crippen LogP contribution in [-0.2, 0) is 18.3 Å². The van der Waals surface area contributed by atoms with E-state index in [9.17, 15) is 3.09 Å². The molecule has 0 aliphatic heterocycles. The zero-order valence-corrected chi connectivity index (χ0v) is 14.5. The fraction of sp³-hybridized carbons (Fsp3) is 0.133. The van der Waals surface area contributed by atoms with Crippen LogP contribution in [0.3, 0.4) is 0 Å². The molecule has 108 valence electrons. The Labute approximate surface area is 138 Å². The van der Waals surface area contributed by atoms with Crippen LogP contribution in [0.25, 0.3) is 11.1 Å². The van der Waals surface area contributed by atoms with Crippen molar-refractivity contribution in [3.05, 3.63) is 54.6 Å². The van der Waals surface area contributed by atoms with Gasteiger partial charge in [0, 0.05) is 0 Å². The Hall–Kier alpha value is -0.666. The average Bonchev–Trinajstić information content (AvgIpc) is 2.40. The number of rotatable bonds is 3. The van der Waals surface area contributed by atoms with Crippen LogP contribution in [0, 0.1) is 0 Å². The Morgan fingerprint density at radius 3 is 2.10 bits per heavy atom. The molecule has 0 heterocycles. The SMILES string of the molecule is C[C](C)=[Ti]([F])[O]c1cccc(-c2ccccc2)c1.Cl.Cl. The average molecular weight is 351 g/mol. The van der Waals surface area contributed by atoms with E-state index in [1.807, 2.05) is 54.6 Å². The van der Waals surface area contributed by atoms with Gasteiger partial charge in [0.15, 0.2) is 0 Å². The van der Waals surface area contributed by atoms with Crippen LogP contribution in [0.5, 0.6) is 5.75 Å². The molecule has 0 saturated heterocycles. The molecule has 0 aliphatic carbocycles. The summed E-state index contributed by atoms with van der Waals surface area (Å²) in [5.41, 5.74) is 2.16. The minimum absolute atomic E-state index is 0. The van der Waals surface area contributed by atoms with E-state index in [0.29, 0.717) is 5.75 Å². The minimum atomic E-state index is -2.97. The molecular formula is C15H17Cl2FOTi. The van der Waals surface area contributed by atoms with Crippen molar-refractivity contribution in [1.82, 2.24) is 0 Å². The van der Waals surface area contributed by atoms with Crippen LogP contribution in [0.4, 0.5) is 3.09 Å². The number of halogens is 3. The molecule has 0 saturated carbocycles. The maximum atomic E-state index is 13.7. The molecule has 0 amide bonds. The quantitative estimate of drug-likeness (QED) is 0.691. The molecule has 1 nitrogen and oxygen atoms in total. The van der Waals surface area contributed by atoms with Gasteiger partial charge in [-0.05, 0) is 0 Å².